The highest BCUT2D eigenvalue weighted by Crippen LogP contribution is 2.33. The van der Waals surface area contributed by atoms with Crippen LogP contribution in [0.1, 0.15) is 10.5 Å². The molecule has 0 aliphatic carbocycles. The number of amides is 1. The number of nitrogens with one attached hydrogen (secondary N) is 2. The summed E-state index contributed by atoms with van der Waals surface area (Å²) in [4.78, 5) is 11.9. The van der Waals surface area contributed by atoms with Crippen LogP contribution in [0.25, 0.3) is 0 Å². The summed E-state index contributed by atoms with van der Waals surface area (Å²) in [6.45, 7) is 0.870. The minimum Gasteiger partial charge on any atom is -0.382 e. The Labute approximate surface area is 147 Å². The van der Waals surface area contributed by atoms with E-state index in [9.17, 15) is 13.2 Å². The fraction of sp³-hybridized carbons (Fsp3) is 0.267. The van der Waals surface area contributed by atoms with E-state index in [0.717, 1.165) is 5.69 Å². The first-order chi connectivity index (χ1) is 10.9. The van der Waals surface area contributed by atoms with E-state index in [1.807, 2.05) is 12.1 Å². The number of anilines is 2. The summed E-state index contributed by atoms with van der Waals surface area (Å²) in [5.74, 6) is -0.324. The third-order valence-electron chi connectivity index (χ3n) is 3.83. The number of aryl methyl sites for hydroxylation is 1. The lowest BCUT2D eigenvalue weighted by atomic mass is 10.2. The summed E-state index contributed by atoms with van der Waals surface area (Å²) < 4.78 is 28.8. The van der Waals surface area contributed by atoms with Gasteiger partial charge < -0.3 is 15.2 Å². The van der Waals surface area contributed by atoms with Gasteiger partial charge in [-0.3, -0.25) is 9.10 Å². The number of carbonyl (C=O) groups is 1. The smallest absolute Gasteiger partial charge is 0.267 e. The molecule has 0 radical (unpaired) electrons. The fourth-order valence-corrected chi connectivity index (χ4v) is 4.22. The second kappa shape index (κ2) is 6.74. The Morgan fingerprint density at radius 3 is 2.71 bits per heavy atom. The Morgan fingerprint density at radius 2 is 2.00 bits per heavy atom. The summed E-state index contributed by atoms with van der Waals surface area (Å²) >= 11 is 0. The number of benzene rings is 1. The molecule has 1 aliphatic rings. The summed E-state index contributed by atoms with van der Waals surface area (Å²) in [6.07, 6.45) is 1.46. The van der Waals surface area contributed by atoms with Gasteiger partial charge in [0, 0.05) is 26.8 Å². The zero-order valence-corrected chi connectivity index (χ0v) is 14.9. The molecular formula is C15H19ClN4O3S. The number of para-hydroxylation sites is 2. The third kappa shape index (κ3) is 2.94. The van der Waals surface area contributed by atoms with Gasteiger partial charge in [0.1, 0.15) is 10.6 Å². The predicted molar refractivity (Wildman–Crippen MR) is 95.5 cm³/mol. The first-order valence-corrected chi connectivity index (χ1v) is 8.63. The van der Waals surface area contributed by atoms with Gasteiger partial charge in [-0.05, 0) is 18.2 Å². The Kier molecular flexibility index (Phi) is 5.10. The number of sulfonamides is 1. The monoisotopic (exact) mass is 370 g/mol. The summed E-state index contributed by atoms with van der Waals surface area (Å²) in [5, 5.41) is 5.69. The van der Waals surface area contributed by atoms with Gasteiger partial charge in [0.2, 0.25) is 0 Å². The van der Waals surface area contributed by atoms with Crippen LogP contribution < -0.4 is 14.9 Å². The van der Waals surface area contributed by atoms with Crippen LogP contribution in [-0.4, -0.2) is 39.0 Å². The molecular weight excluding hydrogens is 352 g/mol. The first-order valence-electron chi connectivity index (χ1n) is 7.19. The summed E-state index contributed by atoms with van der Waals surface area (Å²) in [5.41, 5.74) is 1.70. The van der Waals surface area contributed by atoms with Crippen molar-refractivity contribution in [2.75, 3.05) is 29.8 Å². The average Bonchev–Trinajstić information content (AvgIpc) is 2.96. The molecule has 1 aliphatic heterocycles. The van der Waals surface area contributed by atoms with E-state index in [0.29, 0.717) is 24.5 Å². The van der Waals surface area contributed by atoms with Crippen molar-refractivity contribution in [2.45, 2.75) is 4.90 Å². The number of fused-ring (bicyclic) bond motifs is 1. The lowest BCUT2D eigenvalue weighted by Crippen LogP contribution is -2.38. The van der Waals surface area contributed by atoms with Crippen LogP contribution in [0.3, 0.4) is 0 Å². The van der Waals surface area contributed by atoms with E-state index in [1.165, 1.54) is 28.2 Å². The summed E-state index contributed by atoms with van der Waals surface area (Å²) in [6, 6.07) is 8.67. The van der Waals surface area contributed by atoms with Gasteiger partial charge in [-0.2, -0.15) is 0 Å². The van der Waals surface area contributed by atoms with Crippen LogP contribution >= 0.6 is 12.4 Å². The first kappa shape index (κ1) is 18.2. The maximum Gasteiger partial charge on any atom is 0.267 e. The van der Waals surface area contributed by atoms with E-state index < -0.39 is 10.0 Å². The van der Waals surface area contributed by atoms with Crippen LogP contribution in [0.4, 0.5) is 11.4 Å². The Hall–Kier alpha value is -2.19. The Balaban J connectivity index is 0.00000208. The van der Waals surface area contributed by atoms with Crippen molar-refractivity contribution >= 4 is 39.7 Å². The normalized spacial score (nSPS) is 13.5. The number of rotatable bonds is 3. The molecule has 0 fully saturated rings. The van der Waals surface area contributed by atoms with Gasteiger partial charge in [-0.25, -0.2) is 8.42 Å². The number of hydrogen-bond acceptors (Lipinski definition) is 4. The number of hydrogen-bond donors (Lipinski definition) is 2. The van der Waals surface area contributed by atoms with E-state index >= 15 is 0 Å². The molecule has 3 rings (SSSR count). The molecule has 2 aromatic rings. The van der Waals surface area contributed by atoms with Crippen molar-refractivity contribution in [1.82, 2.24) is 9.88 Å². The van der Waals surface area contributed by atoms with Crippen LogP contribution in [0.15, 0.2) is 41.4 Å². The number of aromatic nitrogens is 1. The topological polar surface area (TPSA) is 83.4 Å². The lowest BCUT2D eigenvalue weighted by molar-refractivity contribution is 0.0955. The second-order valence-electron chi connectivity index (χ2n) is 5.27. The molecule has 0 unspecified atom stereocenters. The van der Waals surface area contributed by atoms with Crippen molar-refractivity contribution in [3.05, 3.63) is 42.2 Å². The molecule has 1 aromatic carbocycles. The maximum absolute atomic E-state index is 13.0. The van der Waals surface area contributed by atoms with E-state index in [2.05, 4.69) is 10.6 Å². The molecule has 0 atom stereocenters. The van der Waals surface area contributed by atoms with Gasteiger partial charge in [-0.15, -0.1) is 12.4 Å². The minimum absolute atomic E-state index is 0. The number of carbonyl (C=O) groups excluding carboxylic acids is 1. The maximum atomic E-state index is 13.0. The standard InChI is InChI=1S/C15H18N4O3S.ClH/c1-16-15(20)14-9-11(10-18(14)2)23(21,22)19-8-7-17-12-5-3-4-6-13(12)19;/h3-6,9-10,17H,7-8H2,1-2H3,(H,16,20);1H. The molecule has 130 valence electrons. The zero-order chi connectivity index (χ0) is 16.6. The highest BCUT2D eigenvalue weighted by molar-refractivity contribution is 7.92. The molecule has 0 saturated carbocycles. The van der Waals surface area contributed by atoms with Crippen LogP contribution in [0.5, 0.6) is 0 Å². The van der Waals surface area contributed by atoms with Crippen LogP contribution in [-0.2, 0) is 17.1 Å². The molecule has 0 spiro atoms. The fourth-order valence-electron chi connectivity index (χ4n) is 2.66. The van der Waals surface area contributed by atoms with Gasteiger partial charge in [0.25, 0.3) is 15.9 Å². The second-order valence-corrected chi connectivity index (χ2v) is 7.13. The van der Waals surface area contributed by atoms with Gasteiger partial charge >= 0.3 is 0 Å². The quantitative estimate of drug-likeness (QED) is 0.856. The number of nitrogens with zero attached hydrogens (tertiary/aromatic N) is 2. The molecule has 0 saturated heterocycles. The van der Waals surface area contributed by atoms with E-state index in [4.69, 9.17) is 0 Å². The molecule has 9 heteroatoms. The highest BCUT2D eigenvalue weighted by Gasteiger charge is 2.30. The molecule has 7 nitrogen and oxygen atoms in total. The lowest BCUT2D eigenvalue weighted by Gasteiger charge is -2.30. The van der Waals surface area contributed by atoms with Crippen molar-refractivity contribution in [3.8, 4) is 0 Å². The molecule has 1 amide bonds. The minimum atomic E-state index is -3.73. The molecule has 1 aromatic heterocycles. The van der Waals surface area contributed by atoms with Gasteiger partial charge in [0.15, 0.2) is 0 Å². The molecule has 24 heavy (non-hydrogen) atoms. The average molecular weight is 371 g/mol. The molecule has 0 bridgehead atoms. The van der Waals surface area contributed by atoms with Crippen LogP contribution in [0.2, 0.25) is 0 Å². The number of halogens is 1. The largest absolute Gasteiger partial charge is 0.382 e. The molecule has 2 heterocycles. The Morgan fingerprint density at radius 1 is 1.29 bits per heavy atom. The third-order valence-corrected chi connectivity index (χ3v) is 5.61. The molecule has 2 N–H and O–H groups in total. The SMILES string of the molecule is CNC(=O)c1cc(S(=O)(=O)N2CCNc3ccccc32)cn1C.Cl. The van der Waals surface area contributed by atoms with E-state index in [1.54, 1.807) is 19.2 Å². The van der Waals surface area contributed by atoms with E-state index in [-0.39, 0.29) is 23.2 Å². The Bertz CT molecular complexity index is 863. The van der Waals surface area contributed by atoms with Crippen molar-refractivity contribution in [3.63, 3.8) is 0 Å². The highest BCUT2D eigenvalue weighted by atomic mass is 35.5. The van der Waals surface area contributed by atoms with Crippen molar-refractivity contribution < 1.29 is 13.2 Å². The van der Waals surface area contributed by atoms with Gasteiger partial charge in [0.05, 0.1) is 17.9 Å². The van der Waals surface area contributed by atoms with Crippen molar-refractivity contribution in [2.24, 2.45) is 7.05 Å². The zero-order valence-electron chi connectivity index (χ0n) is 13.3. The summed E-state index contributed by atoms with van der Waals surface area (Å²) in [7, 11) is -0.568. The predicted octanol–water partition coefficient (Wildman–Crippen LogP) is 1.43. The van der Waals surface area contributed by atoms with Crippen LogP contribution in [0, 0.1) is 0 Å². The van der Waals surface area contributed by atoms with Crippen molar-refractivity contribution in [1.29, 1.82) is 0 Å². The van der Waals surface area contributed by atoms with Gasteiger partial charge in [-0.1, -0.05) is 12.1 Å².